The number of benzene rings is 3. The number of allylic oxidation sites excluding steroid dienone is 3. The van der Waals surface area contributed by atoms with Gasteiger partial charge in [0.1, 0.15) is 23.7 Å². The van der Waals surface area contributed by atoms with Crippen molar-refractivity contribution >= 4 is 70.7 Å². The fourth-order valence-electron chi connectivity index (χ4n) is 13.2. The number of nitrogens with one attached hydrogen (secondary N) is 3. The zero-order chi connectivity index (χ0) is 65.2. The van der Waals surface area contributed by atoms with Gasteiger partial charge in [0.05, 0.1) is 59.8 Å². The number of methoxy groups -OCH3 is 1. The Hall–Kier alpha value is -5.92. The molecule has 5 amide bonds. The molecule has 3 aromatic carbocycles. The molecule has 1 saturated carbocycles. The van der Waals surface area contributed by atoms with Crippen LogP contribution in [0.15, 0.2) is 94.8 Å². The number of rotatable bonds is 20. The van der Waals surface area contributed by atoms with E-state index < -0.39 is 12.2 Å². The van der Waals surface area contributed by atoms with Crippen molar-refractivity contribution < 1.29 is 42.0 Å². The number of alkyl halides is 1. The van der Waals surface area contributed by atoms with Gasteiger partial charge in [0.15, 0.2) is 0 Å². The van der Waals surface area contributed by atoms with Gasteiger partial charge in [0, 0.05) is 135 Å². The quantitative estimate of drug-likeness (QED) is 0.0558. The maximum absolute atomic E-state index is 15.3. The van der Waals surface area contributed by atoms with E-state index >= 15 is 4.39 Å². The number of aromatic nitrogens is 2. The van der Waals surface area contributed by atoms with Crippen molar-refractivity contribution in [3.63, 3.8) is 0 Å². The number of likely N-dealkylation sites (tertiary alicyclic amines) is 2. The first-order chi connectivity index (χ1) is 44.3. The highest BCUT2D eigenvalue weighted by Gasteiger charge is 2.37. The molecule has 2 aliphatic carbocycles. The molecule has 4 aliphatic heterocycles. The summed E-state index contributed by atoms with van der Waals surface area (Å²) in [5.41, 5.74) is 3.87. The van der Waals surface area contributed by atoms with E-state index in [1.165, 1.54) is 9.21 Å². The first kappa shape index (κ1) is 72.5. The number of carbonyl (C=O) groups excluding carboxylic acids is 5. The normalized spacial score (nSPS) is 19.1. The highest BCUT2D eigenvalue weighted by atomic mass is 127. The van der Waals surface area contributed by atoms with E-state index in [0.29, 0.717) is 101 Å². The lowest BCUT2D eigenvalue weighted by atomic mass is 9.83. The van der Waals surface area contributed by atoms with E-state index in [1.807, 2.05) is 119 Å². The van der Waals surface area contributed by atoms with E-state index in [9.17, 15) is 28.8 Å². The summed E-state index contributed by atoms with van der Waals surface area (Å²) in [4.78, 5) is 93.5. The van der Waals surface area contributed by atoms with Crippen molar-refractivity contribution in [1.82, 2.24) is 50.2 Å². The molecule has 3 N–H and O–H groups in total. The van der Waals surface area contributed by atoms with E-state index in [1.54, 1.807) is 43.4 Å². The Bertz CT molecular complexity index is 3110. The monoisotopic (exact) mass is 1390 g/mol. The largest absolute Gasteiger partial charge is 0.497 e. The number of piperazine rings is 2. The number of ether oxygens (including phenoxy) is 2. The van der Waals surface area contributed by atoms with Gasteiger partial charge in [-0.05, 0) is 118 Å². The average molecular weight is 1390 g/mol. The fraction of sp³-hybridized carbons (Fsp3) is 0.580. The second-order valence-corrected chi connectivity index (χ2v) is 25.2. The first-order valence-corrected chi connectivity index (χ1v) is 36.4. The van der Waals surface area contributed by atoms with Gasteiger partial charge >= 0.3 is 0 Å². The molecular weight excluding hydrogens is 1290 g/mol. The van der Waals surface area contributed by atoms with Gasteiger partial charge in [-0.2, -0.15) is 5.10 Å². The highest BCUT2D eigenvalue weighted by Crippen LogP contribution is 2.32. The highest BCUT2D eigenvalue weighted by molar-refractivity contribution is 14.2. The van der Waals surface area contributed by atoms with Crippen molar-refractivity contribution in [3.8, 4) is 11.5 Å². The summed E-state index contributed by atoms with van der Waals surface area (Å²) in [6, 6.07) is 20.2. The number of hydrogen-bond donors (Lipinski definition) is 3. The number of halogens is 2. The van der Waals surface area contributed by atoms with Crippen LogP contribution in [0.5, 0.6) is 11.5 Å². The Morgan fingerprint density at radius 1 is 0.747 bits per heavy atom. The third-order valence-electron chi connectivity index (χ3n) is 18.2. The van der Waals surface area contributed by atoms with Gasteiger partial charge < -0.3 is 43.9 Å². The van der Waals surface area contributed by atoms with Crippen LogP contribution in [-0.4, -0.2) is 200 Å². The van der Waals surface area contributed by atoms with Crippen molar-refractivity contribution in [2.24, 2.45) is 11.8 Å². The summed E-state index contributed by atoms with van der Waals surface area (Å²) in [6.07, 6.45) is 11.1. The molecule has 2 unspecified atom stereocenters. The predicted molar refractivity (Wildman–Crippen MR) is 367 cm³/mol. The van der Waals surface area contributed by atoms with E-state index in [4.69, 9.17) is 9.47 Å². The van der Waals surface area contributed by atoms with Gasteiger partial charge in [0.2, 0.25) is 17.7 Å². The molecule has 1 aromatic heterocycles. The smallest absolute Gasteiger partial charge is 0.272 e. The molecular formula is C69H98FIN10O9S. The minimum atomic E-state index is -1.42. The summed E-state index contributed by atoms with van der Waals surface area (Å²) in [7, 11) is 4.59. The molecule has 0 spiro atoms. The summed E-state index contributed by atoms with van der Waals surface area (Å²) >= 11 is 2.05. The number of H-pyrrole nitrogens is 1. The number of aromatic amines is 1. The molecule has 0 bridgehead atoms. The van der Waals surface area contributed by atoms with Gasteiger partial charge in [-0.1, -0.05) is 89.4 Å². The molecule has 5 heterocycles. The second-order valence-electron chi connectivity index (χ2n) is 23.7. The molecule has 2 atom stereocenters. The number of fused-ring (bicyclic) bond motifs is 1. The molecule has 6 aliphatic rings. The Kier molecular flexibility index (Phi) is 30.0. The van der Waals surface area contributed by atoms with Crippen LogP contribution in [0.1, 0.15) is 132 Å². The maximum atomic E-state index is 15.3. The number of piperidine rings is 2. The van der Waals surface area contributed by atoms with Crippen LogP contribution in [0.3, 0.4) is 0 Å². The predicted octanol–water partition coefficient (Wildman–Crippen LogP) is 9.55. The second kappa shape index (κ2) is 37.7. The van der Waals surface area contributed by atoms with Crippen molar-refractivity contribution in [2.45, 2.75) is 130 Å². The summed E-state index contributed by atoms with van der Waals surface area (Å²) < 4.78 is 30.9. The topological polar surface area (TPSA) is 202 Å². The number of nitrogens with zero attached hydrogens (tertiary/aromatic N) is 7. The van der Waals surface area contributed by atoms with E-state index in [-0.39, 0.29) is 65.5 Å². The number of hydrogen-bond acceptors (Lipinski definition) is 14. The lowest BCUT2D eigenvalue weighted by Crippen LogP contribution is -2.57. The van der Waals surface area contributed by atoms with E-state index in [0.717, 1.165) is 124 Å². The fourth-order valence-corrected chi connectivity index (χ4v) is 13.2. The average Bonchev–Trinajstić information content (AvgIpc) is 1.54. The molecule has 0 radical (unpaired) electrons. The summed E-state index contributed by atoms with van der Waals surface area (Å²) in [6.45, 7) is 19.7. The molecule has 22 heteroatoms. The maximum Gasteiger partial charge on any atom is 0.272 e. The zero-order valence-electron chi connectivity index (χ0n) is 54.7. The summed E-state index contributed by atoms with van der Waals surface area (Å²) in [5.74, 6) is 1.82. The lowest BCUT2D eigenvalue weighted by Gasteiger charge is -2.41. The third kappa shape index (κ3) is 20.5. The molecule has 19 nitrogen and oxygen atoms in total. The van der Waals surface area contributed by atoms with E-state index in [2.05, 4.69) is 40.9 Å². The van der Waals surface area contributed by atoms with Crippen molar-refractivity contribution in [2.75, 3.05) is 119 Å². The van der Waals surface area contributed by atoms with Crippen LogP contribution in [0.2, 0.25) is 0 Å². The van der Waals surface area contributed by atoms with Crippen LogP contribution >= 0.6 is 30.4 Å². The van der Waals surface area contributed by atoms with Crippen LogP contribution in [-0.2, 0) is 36.3 Å². The number of carbonyl (C=O) groups is 5. The van der Waals surface area contributed by atoms with Crippen LogP contribution < -0.4 is 25.7 Å². The first-order valence-electron chi connectivity index (χ1n) is 33.1. The molecule has 91 heavy (non-hydrogen) atoms. The van der Waals surface area contributed by atoms with Gasteiger partial charge in [-0.15, -0.1) is 0 Å². The van der Waals surface area contributed by atoms with Crippen molar-refractivity contribution in [3.05, 3.63) is 123 Å². The zero-order valence-corrected chi connectivity index (χ0v) is 57.6. The van der Waals surface area contributed by atoms with Crippen molar-refractivity contribution in [1.29, 1.82) is 0 Å². The Morgan fingerprint density at radius 2 is 1.41 bits per heavy atom. The molecule has 10 rings (SSSR count). The Morgan fingerprint density at radius 3 is 2.08 bits per heavy atom. The van der Waals surface area contributed by atoms with Crippen LogP contribution in [0.25, 0.3) is 10.8 Å². The standard InChI is InChI=1S/C64H83FN10O8.2C2H6.CH3IOS/c1-3-83-57-39-51(82-2)18-17-50(57)40-66-41-58(76)72-26-22-46(23-27-72)48-12-9-13-49(38-48)61(78)67-60(47-10-5-4-6-11-47)64(81)75-30-28-71(29-31-75)42-44-20-24-70(25-21-44)43-59(77)73-32-34-74(35-33-73)63(80)54-36-45(16-19-55(54)65)37-56-52-14-7-8-15-53(52)62(79)69-68-56;2*1-2;1-3-4-2/h7-9,12-18,36,38-39,44,46-47,55,60,66H,3-6,10-11,19-35,37,40-43H2,1-2H3,(H,67,78)(H,69,79);2*1-2H3;1H3. The molecule has 498 valence electrons. The number of amides is 5. The van der Waals surface area contributed by atoms with Crippen LogP contribution in [0, 0.1) is 11.8 Å². The third-order valence-corrected chi connectivity index (χ3v) is 19.4. The molecule has 5 fully saturated rings. The van der Waals surface area contributed by atoms with Gasteiger partial charge in [-0.25, -0.2) is 9.49 Å². The Balaban J connectivity index is 0.00000140. The minimum absolute atomic E-state index is 0.0194. The van der Waals surface area contributed by atoms with Crippen LogP contribution in [0.4, 0.5) is 4.39 Å². The SMILES string of the molecule is CC.CC.CCOc1cc(OC)ccc1CNCC(=O)N1CCC(c2cccc(C(=O)NC(C(=O)N3CCN(CC4CCN(CC(=O)N5CCN(C(=O)C6=CC(Cc7n[nH]c(=O)c8ccccc78)=CCC6F)CC5)CC4)CC3)C3CCCCC3)c2)CC1.COSI. The van der Waals surface area contributed by atoms with Gasteiger partial charge in [0.25, 0.3) is 17.4 Å². The summed E-state index contributed by atoms with van der Waals surface area (Å²) in [5, 5.41) is 14.6. The lowest BCUT2D eigenvalue weighted by molar-refractivity contribution is -0.139. The molecule has 4 saturated heterocycles. The minimum Gasteiger partial charge on any atom is -0.497 e. The molecule has 4 aromatic rings. The van der Waals surface area contributed by atoms with Gasteiger partial charge in [-0.3, -0.25) is 38.6 Å². The Labute approximate surface area is 554 Å².